The Kier molecular flexibility index (Phi) is 5.16. The van der Waals surface area contributed by atoms with Gasteiger partial charge < -0.3 is 15.0 Å². The summed E-state index contributed by atoms with van der Waals surface area (Å²) in [7, 11) is 1.80. The van der Waals surface area contributed by atoms with Crippen molar-refractivity contribution in [3.8, 4) is 0 Å². The molecule has 1 aliphatic rings. The minimum Gasteiger partial charge on any atom is -0.381 e. The van der Waals surface area contributed by atoms with E-state index in [1.807, 2.05) is 0 Å². The monoisotopic (exact) mass is 263 g/mol. The summed E-state index contributed by atoms with van der Waals surface area (Å²) in [5.74, 6) is 1.10. The van der Waals surface area contributed by atoms with Crippen LogP contribution < -0.4 is 10.2 Å². The van der Waals surface area contributed by atoms with E-state index in [-0.39, 0.29) is 0 Å². The van der Waals surface area contributed by atoms with Gasteiger partial charge in [0.2, 0.25) is 0 Å². The highest BCUT2D eigenvalue weighted by atomic mass is 16.5. The number of nitrogens with zero attached hydrogens (tertiary/aromatic N) is 2. The largest absolute Gasteiger partial charge is 0.381 e. The van der Waals surface area contributed by atoms with E-state index in [1.54, 1.807) is 7.11 Å². The van der Waals surface area contributed by atoms with E-state index in [4.69, 9.17) is 9.72 Å². The topological polar surface area (TPSA) is 37.4 Å². The summed E-state index contributed by atoms with van der Waals surface area (Å²) < 4.78 is 5.41. The molecule has 106 valence electrons. The zero-order chi connectivity index (χ0) is 13.7. The molecule has 1 saturated heterocycles. The van der Waals surface area contributed by atoms with Crippen molar-refractivity contribution in [1.82, 2.24) is 10.3 Å². The van der Waals surface area contributed by atoms with Crippen LogP contribution in [0.5, 0.6) is 0 Å². The van der Waals surface area contributed by atoms with Crippen molar-refractivity contribution in [3.63, 3.8) is 0 Å². The molecule has 4 heteroatoms. The number of hydrogen-bond donors (Lipinski definition) is 1. The molecule has 0 spiro atoms. The summed E-state index contributed by atoms with van der Waals surface area (Å²) in [5.41, 5.74) is 1.11. The molecule has 1 N–H and O–H groups in total. The van der Waals surface area contributed by atoms with Gasteiger partial charge in [-0.25, -0.2) is 4.98 Å². The summed E-state index contributed by atoms with van der Waals surface area (Å²) >= 11 is 0. The smallest absolute Gasteiger partial charge is 0.128 e. The summed E-state index contributed by atoms with van der Waals surface area (Å²) in [6.07, 6.45) is 2.60. The molecular weight excluding hydrogens is 238 g/mol. The Morgan fingerprint density at radius 1 is 1.37 bits per heavy atom. The number of piperidine rings is 1. The van der Waals surface area contributed by atoms with Crippen LogP contribution in [0.2, 0.25) is 0 Å². The van der Waals surface area contributed by atoms with Crippen LogP contribution in [0.25, 0.3) is 0 Å². The van der Waals surface area contributed by atoms with Crippen molar-refractivity contribution in [3.05, 3.63) is 23.9 Å². The van der Waals surface area contributed by atoms with Crippen LogP contribution in [0.3, 0.4) is 0 Å². The Hall–Kier alpha value is -1.13. The first kappa shape index (κ1) is 14.3. The number of rotatable bonds is 5. The van der Waals surface area contributed by atoms with Gasteiger partial charge in [-0.15, -0.1) is 0 Å². The molecule has 0 aromatic carbocycles. The Bertz CT molecular complexity index is 387. The third-order valence-electron chi connectivity index (χ3n) is 3.58. The molecule has 0 unspecified atom stereocenters. The highest BCUT2D eigenvalue weighted by Gasteiger charge is 2.19. The standard InChI is InChI=1S/C15H25N3O/c1-12(2)16-11-13-5-4-6-15(17-13)18-9-7-14(19-3)8-10-18/h4-6,12,14,16H,7-11H2,1-3H3. The molecule has 1 aromatic heterocycles. The van der Waals surface area contributed by atoms with Crippen LogP contribution in [0.4, 0.5) is 5.82 Å². The van der Waals surface area contributed by atoms with Gasteiger partial charge in [0.15, 0.2) is 0 Å². The molecule has 4 nitrogen and oxygen atoms in total. The second-order valence-electron chi connectivity index (χ2n) is 5.44. The molecule has 1 fully saturated rings. The molecule has 0 aliphatic carbocycles. The van der Waals surface area contributed by atoms with Gasteiger partial charge in [-0.3, -0.25) is 0 Å². The van der Waals surface area contributed by atoms with Gasteiger partial charge in [-0.1, -0.05) is 19.9 Å². The quantitative estimate of drug-likeness (QED) is 0.883. The average molecular weight is 263 g/mol. The maximum Gasteiger partial charge on any atom is 0.128 e. The van der Waals surface area contributed by atoms with Gasteiger partial charge in [0.05, 0.1) is 11.8 Å². The number of pyridine rings is 1. The number of ether oxygens (including phenoxy) is 1. The Morgan fingerprint density at radius 3 is 2.74 bits per heavy atom. The van der Waals surface area contributed by atoms with Crippen LogP contribution in [0.15, 0.2) is 18.2 Å². The first-order valence-corrected chi connectivity index (χ1v) is 7.16. The first-order chi connectivity index (χ1) is 9.19. The summed E-state index contributed by atoms with van der Waals surface area (Å²) in [6, 6.07) is 6.78. The average Bonchev–Trinajstić information content (AvgIpc) is 2.45. The van der Waals surface area contributed by atoms with Gasteiger partial charge in [-0.2, -0.15) is 0 Å². The van der Waals surface area contributed by atoms with E-state index >= 15 is 0 Å². The molecule has 2 rings (SSSR count). The number of methoxy groups -OCH3 is 1. The maximum atomic E-state index is 5.41. The van der Waals surface area contributed by atoms with Crippen molar-refractivity contribution < 1.29 is 4.74 Å². The van der Waals surface area contributed by atoms with E-state index in [0.717, 1.165) is 44.0 Å². The number of nitrogens with one attached hydrogen (secondary N) is 1. The van der Waals surface area contributed by atoms with Crippen molar-refractivity contribution in [2.24, 2.45) is 0 Å². The van der Waals surface area contributed by atoms with E-state index in [2.05, 4.69) is 42.3 Å². The molecule has 0 bridgehead atoms. The molecule has 19 heavy (non-hydrogen) atoms. The van der Waals surface area contributed by atoms with E-state index in [9.17, 15) is 0 Å². The highest BCUT2D eigenvalue weighted by Crippen LogP contribution is 2.19. The van der Waals surface area contributed by atoms with E-state index in [1.165, 1.54) is 0 Å². The molecule has 0 radical (unpaired) electrons. The Morgan fingerprint density at radius 2 is 2.11 bits per heavy atom. The molecular formula is C15H25N3O. The van der Waals surface area contributed by atoms with Crippen LogP contribution in [0, 0.1) is 0 Å². The van der Waals surface area contributed by atoms with Gasteiger partial charge in [0, 0.05) is 32.8 Å². The van der Waals surface area contributed by atoms with Crippen molar-refractivity contribution >= 4 is 5.82 Å². The van der Waals surface area contributed by atoms with Gasteiger partial charge >= 0.3 is 0 Å². The molecule has 1 aromatic rings. The highest BCUT2D eigenvalue weighted by molar-refractivity contribution is 5.39. The van der Waals surface area contributed by atoms with Crippen LogP contribution in [0.1, 0.15) is 32.4 Å². The predicted molar refractivity (Wildman–Crippen MR) is 78.5 cm³/mol. The summed E-state index contributed by atoms with van der Waals surface area (Å²) in [5, 5.41) is 3.41. The fourth-order valence-corrected chi connectivity index (χ4v) is 2.37. The fourth-order valence-electron chi connectivity index (χ4n) is 2.37. The van der Waals surface area contributed by atoms with Crippen LogP contribution in [-0.4, -0.2) is 37.3 Å². The lowest BCUT2D eigenvalue weighted by atomic mass is 10.1. The normalized spacial score (nSPS) is 17.2. The lowest BCUT2D eigenvalue weighted by molar-refractivity contribution is 0.0818. The van der Waals surface area contributed by atoms with Gasteiger partial charge in [-0.05, 0) is 25.0 Å². The second kappa shape index (κ2) is 6.87. The number of anilines is 1. The Balaban J connectivity index is 1.95. The first-order valence-electron chi connectivity index (χ1n) is 7.16. The molecule has 1 aliphatic heterocycles. The zero-order valence-corrected chi connectivity index (χ0v) is 12.2. The second-order valence-corrected chi connectivity index (χ2v) is 5.44. The fraction of sp³-hybridized carbons (Fsp3) is 0.667. The minimum absolute atomic E-state index is 0.419. The van der Waals surface area contributed by atoms with E-state index < -0.39 is 0 Å². The predicted octanol–water partition coefficient (Wildman–Crippen LogP) is 2.19. The van der Waals surface area contributed by atoms with Crippen LogP contribution in [-0.2, 0) is 11.3 Å². The van der Waals surface area contributed by atoms with Crippen molar-refractivity contribution in [2.75, 3.05) is 25.1 Å². The SMILES string of the molecule is COC1CCN(c2cccc(CNC(C)C)n2)CC1. The third kappa shape index (κ3) is 4.18. The summed E-state index contributed by atoms with van der Waals surface area (Å²) in [6.45, 7) is 7.21. The molecule has 0 atom stereocenters. The minimum atomic E-state index is 0.419. The van der Waals surface area contributed by atoms with E-state index in [0.29, 0.717) is 12.1 Å². The molecule has 0 amide bonds. The lowest BCUT2D eigenvalue weighted by Gasteiger charge is -2.32. The van der Waals surface area contributed by atoms with Crippen LogP contribution >= 0.6 is 0 Å². The number of hydrogen-bond acceptors (Lipinski definition) is 4. The zero-order valence-electron chi connectivity index (χ0n) is 12.2. The lowest BCUT2D eigenvalue weighted by Crippen LogP contribution is -2.37. The van der Waals surface area contributed by atoms with Crippen molar-refractivity contribution in [2.45, 2.75) is 45.4 Å². The third-order valence-corrected chi connectivity index (χ3v) is 3.58. The maximum absolute atomic E-state index is 5.41. The summed E-state index contributed by atoms with van der Waals surface area (Å²) in [4.78, 5) is 7.10. The Labute approximate surface area is 116 Å². The van der Waals surface area contributed by atoms with Gasteiger partial charge in [0.25, 0.3) is 0 Å². The molecule has 0 saturated carbocycles. The molecule has 2 heterocycles. The number of aromatic nitrogens is 1. The van der Waals surface area contributed by atoms with Gasteiger partial charge in [0.1, 0.15) is 5.82 Å². The van der Waals surface area contributed by atoms with Crippen molar-refractivity contribution in [1.29, 1.82) is 0 Å².